The maximum atomic E-state index is 13.8. The number of carbonyl (C=O) groups is 1. The second-order valence-corrected chi connectivity index (χ2v) is 5.09. The van der Waals surface area contributed by atoms with Crippen molar-refractivity contribution < 1.29 is 9.18 Å². The van der Waals surface area contributed by atoms with Crippen molar-refractivity contribution in [3.63, 3.8) is 0 Å². The molecule has 1 heterocycles. The molecule has 0 bridgehead atoms. The highest BCUT2D eigenvalue weighted by Crippen LogP contribution is 2.16. The zero-order chi connectivity index (χ0) is 13.3. The van der Waals surface area contributed by atoms with Crippen LogP contribution < -0.4 is 0 Å². The number of aryl methyl sites for hydroxylation is 1. The van der Waals surface area contributed by atoms with Gasteiger partial charge in [-0.2, -0.15) is 0 Å². The molecule has 0 radical (unpaired) electrons. The fraction of sp³-hybridized carbons (Fsp3) is 0.500. The van der Waals surface area contributed by atoms with E-state index in [-0.39, 0.29) is 17.5 Å². The molecule has 1 saturated heterocycles. The molecule has 0 N–H and O–H groups in total. The highest BCUT2D eigenvalue weighted by molar-refractivity contribution is 5.94. The van der Waals surface area contributed by atoms with Gasteiger partial charge in [0.25, 0.3) is 5.91 Å². The summed E-state index contributed by atoms with van der Waals surface area (Å²) in [5, 5.41) is 0. The first-order chi connectivity index (χ1) is 8.49. The Morgan fingerprint density at radius 1 is 1.39 bits per heavy atom. The van der Waals surface area contributed by atoms with Crippen molar-refractivity contribution in [2.24, 2.45) is 0 Å². The number of benzene rings is 1. The van der Waals surface area contributed by atoms with Gasteiger partial charge in [-0.3, -0.25) is 4.79 Å². The molecule has 1 aromatic rings. The fourth-order valence-corrected chi connectivity index (χ4v) is 2.39. The van der Waals surface area contributed by atoms with Crippen LogP contribution in [-0.4, -0.2) is 48.4 Å². The lowest BCUT2D eigenvalue weighted by molar-refractivity contribution is 0.0529. The molecule has 2 rings (SSSR count). The van der Waals surface area contributed by atoms with Crippen molar-refractivity contribution in [1.82, 2.24) is 9.80 Å². The minimum Gasteiger partial charge on any atom is -0.333 e. The Kier molecular flexibility index (Phi) is 3.66. The summed E-state index contributed by atoms with van der Waals surface area (Å²) < 4.78 is 13.8. The van der Waals surface area contributed by atoms with Crippen molar-refractivity contribution in [2.75, 3.05) is 26.7 Å². The van der Waals surface area contributed by atoms with Crippen LogP contribution in [0.1, 0.15) is 22.8 Å². The molecule has 3 nitrogen and oxygen atoms in total. The Balaban J connectivity index is 2.20. The van der Waals surface area contributed by atoms with Crippen molar-refractivity contribution in [3.05, 3.63) is 35.1 Å². The topological polar surface area (TPSA) is 23.6 Å². The monoisotopic (exact) mass is 250 g/mol. The summed E-state index contributed by atoms with van der Waals surface area (Å²) in [5.74, 6) is -0.626. The second kappa shape index (κ2) is 5.06. The van der Waals surface area contributed by atoms with E-state index in [4.69, 9.17) is 0 Å². The quantitative estimate of drug-likeness (QED) is 0.760. The smallest absolute Gasteiger partial charge is 0.257 e. The molecule has 1 fully saturated rings. The number of hydrogen-bond donors (Lipinski definition) is 0. The number of hydrogen-bond acceptors (Lipinski definition) is 2. The summed E-state index contributed by atoms with van der Waals surface area (Å²) in [7, 11) is 2.03. The molecule has 1 unspecified atom stereocenters. The van der Waals surface area contributed by atoms with E-state index in [1.54, 1.807) is 17.0 Å². The van der Waals surface area contributed by atoms with Crippen LogP contribution in [0.2, 0.25) is 0 Å². The molecule has 1 amide bonds. The molecule has 1 aliphatic heterocycles. The number of nitrogens with zero attached hydrogens (tertiary/aromatic N) is 2. The lowest BCUT2D eigenvalue weighted by Gasteiger charge is -2.38. The van der Waals surface area contributed by atoms with Crippen molar-refractivity contribution >= 4 is 5.91 Å². The summed E-state index contributed by atoms with van der Waals surface area (Å²) in [6.45, 7) is 6.14. The highest BCUT2D eigenvalue weighted by Gasteiger charge is 2.27. The van der Waals surface area contributed by atoms with Gasteiger partial charge < -0.3 is 9.80 Å². The molecule has 1 atom stereocenters. The first-order valence-corrected chi connectivity index (χ1v) is 6.24. The van der Waals surface area contributed by atoms with E-state index in [0.717, 1.165) is 18.7 Å². The maximum absolute atomic E-state index is 13.8. The van der Waals surface area contributed by atoms with E-state index < -0.39 is 5.82 Å². The van der Waals surface area contributed by atoms with Gasteiger partial charge in [-0.1, -0.05) is 6.07 Å². The van der Waals surface area contributed by atoms with Crippen LogP contribution in [0.3, 0.4) is 0 Å². The molecule has 0 saturated carbocycles. The molecule has 0 aliphatic carbocycles. The van der Waals surface area contributed by atoms with Crippen molar-refractivity contribution in [2.45, 2.75) is 19.9 Å². The van der Waals surface area contributed by atoms with Gasteiger partial charge in [0.15, 0.2) is 0 Å². The number of amides is 1. The molecular formula is C14H19FN2O. The summed E-state index contributed by atoms with van der Waals surface area (Å²) in [6.07, 6.45) is 0. The lowest BCUT2D eigenvalue weighted by atomic mass is 10.1. The molecular weight excluding hydrogens is 231 g/mol. The predicted molar refractivity (Wildman–Crippen MR) is 69.1 cm³/mol. The van der Waals surface area contributed by atoms with Gasteiger partial charge in [0.05, 0.1) is 5.56 Å². The third kappa shape index (κ3) is 2.53. The summed E-state index contributed by atoms with van der Waals surface area (Å²) in [5.41, 5.74) is 1.01. The highest BCUT2D eigenvalue weighted by atomic mass is 19.1. The third-order valence-electron chi connectivity index (χ3n) is 3.45. The Morgan fingerprint density at radius 2 is 2.11 bits per heavy atom. The molecule has 1 aromatic carbocycles. The van der Waals surface area contributed by atoms with Gasteiger partial charge in [0, 0.05) is 25.7 Å². The van der Waals surface area contributed by atoms with E-state index in [1.807, 2.05) is 20.9 Å². The Hall–Kier alpha value is -1.42. The molecule has 0 aromatic heterocycles. The van der Waals surface area contributed by atoms with Crippen LogP contribution >= 0.6 is 0 Å². The first-order valence-electron chi connectivity index (χ1n) is 6.24. The van der Waals surface area contributed by atoms with E-state index >= 15 is 0 Å². The number of likely N-dealkylation sites (N-methyl/N-ethyl adjacent to an activating group) is 1. The van der Waals surface area contributed by atoms with Crippen LogP contribution in [0.4, 0.5) is 4.39 Å². The Morgan fingerprint density at radius 3 is 2.72 bits per heavy atom. The average Bonchev–Trinajstić information content (AvgIpc) is 2.28. The number of piperazine rings is 1. The van der Waals surface area contributed by atoms with Gasteiger partial charge in [0.2, 0.25) is 0 Å². The van der Waals surface area contributed by atoms with Gasteiger partial charge >= 0.3 is 0 Å². The van der Waals surface area contributed by atoms with Gasteiger partial charge in [-0.05, 0) is 38.6 Å². The third-order valence-corrected chi connectivity index (χ3v) is 3.45. The predicted octanol–water partition coefficient (Wildman–Crippen LogP) is 1.91. The zero-order valence-electron chi connectivity index (χ0n) is 11.1. The number of rotatable bonds is 1. The van der Waals surface area contributed by atoms with Crippen molar-refractivity contribution in [3.8, 4) is 0 Å². The first kappa shape index (κ1) is 13.0. The normalized spacial score (nSPS) is 21.1. The van der Waals surface area contributed by atoms with Crippen LogP contribution in [0.15, 0.2) is 18.2 Å². The Bertz CT molecular complexity index is 461. The largest absolute Gasteiger partial charge is 0.333 e. The summed E-state index contributed by atoms with van der Waals surface area (Å²) in [6, 6.07) is 4.89. The summed E-state index contributed by atoms with van der Waals surface area (Å²) >= 11 is 0. The minimum atomic E-state index is -0.425. The lowest BCUT2D eigenvalue weighted by Crippen LogP contribution is -2.52. The fourth-order valence-electron chi connectivity index (χ4n) is 2.39. The molecule has 4 heteroatoms. The van der Waals surface area contributed by atoms with Gasteiger partial charge in [0.1, 0.15) is 5.82 Å². The maximum Gasteiger partial charge on any atom is 0.257 e. The average molecular weight is 250 g/mol. The van der Waals surface area contributed by atoms with Gasteiger partial charge in [-0.25, -0.2) is 4.39 Å². The van der Waals surface area contributed by atoms with Crippen LogP contribution in [0.5, 0.6) is 0 Å². The molecule has 98 valence electrons. The SMILES string of the molecule is Cc1ccc(C(=O)N2CCN(C)CC2C)c(F)c1. The van der Waals surface area contributed by atoms with Crippen LogP contribution in [-0.2, 0) is 0 Å². The number of halogens is 1. The van der Waals surface area contributed by atoms with Crippen LogP contribution in [0.25, 0.3) is 0 Å². The molecule has 0 spiro atoms. The van der Waals surface area contributed by atoms with Crippen molar-refractivity contribution in [1.29, 1.82) is 0 Å². The van der Waals surface area contributed by atoms with E-state index in [9.17, 15) is 9.18 Å². The van der Waals surface area contributed by atoms with E-state index in [2.05, 4.69) is 4.90 Å². The van der Waals surface area contributed by atoms with Gasteiger partial charge in [-0.15, -0.1) is 0 Å². The standard InChI is InChI=1S/C14H19FN2O/c1-10-4-5-12(13(15)8-10)14(18)17-7-6-16(3)9-11(17)2/h4-5,8,11H,6-7,9H2,1-3H3. The van der Waals surface area contributed by atoms with Crippen LogP contribution in [0, 0.1) is 12.7 Å². The number of carbonyl (C=O) groups excluding carboxylic acids is 1. The molecule has 18 heavy (non-hydrogen) atoms. The molecule has 1 aliphatic rings. The summed E-state index contributed by atoms with van der Waals surface area (Å²) in [4.78, 5) is 16.3. The second-order valence-electron chi connectivity index (χ2n) is 5.09. The zero-order valence-corrected chi connectivity index (χ0v) is 11.1. The Labute approximate surface area is 107 Å². The van der Waals surface area contributed by atoms with E-state index in [1.165, 1.54) is 6.07 Å². The minimum absolute atomic E-state index is 0.122. The van der Waals surface area contributed by atoms with E-state index in [0.29, 0.717) is 6.54 Å².